The normalized spacial score (nSPS) is 11.2. The van der Waals surface area contributed by atoms with E-state index >= 15 is 0 Å². The van der Waals surface area contributed by atoms with E-state index in [0.29, 0.717) is 5.69 Å². The van der Waals surface area contributed by atoms with E-state index in [0.717, 1.165) is 0 Å². The molecule has 1 aromatic carbocycles. The molecule has 0 saturated heterocycles. The Bertz CT molecular complexity index is 517. The third-order valence-electron chi connectivity index (χ3n) is 1.73. The van der Waals surface area contributed by atoms with Crippen LogP contribution < -0.4 is 4.72 Å². The first-order valence-electron chi connectivity index (χ1n) is 4.21. The van der Waals surface area contributed by atoms with E-state index in [1.54, 1.807) is 24.3 Å². The average molecular weight is 222 g/mol. The van der Waals surface area contributed by atoms with Crippen molar-refractivity contribution >= 4 is 15.7 Å². The zero-order valence-corrected chi connectivity index (χ0v) is 8.49. The van der Waals surface area contributed by atoms with Crippen molar-refractivity contribution in [2.24, 2.45) is 0 Å². The van der Waals surface area contributed by atoms with Crippen LogP contribution in [0.15, 0.2) is 52.2 Å². The average Bonchev–Trinajstić information content (AvgIpc) is 2.71. The van der Waals surface area contributed by atoms with E-state index in [2.05, 4.69) is 10.8 Å². The summed E-state index contributed by atoms with van der Waals surface area (Å²) in [4.78, 5) is 0. The predicted molar refractivity (Wildman–Crippen MR) is 54.8 cm³/mol. The number of anilines is 1. The highest BCUT2D eigenvalue weighted by molar-refractivity contribution is 7.92. The van der Waals surface area contributed by atoms with Gasteiger partial charge in [-0.25, -0.2) is 0 Å². The van der Waals surface area contributed by atoms with E-state index in [1.807, 2.05) is 0 Å². The van der Waals surface area contributed by atoms with Crippen LogP contribution in [0, 0.1) is 6.07 Å². The Morgan fingerprint density at radius 3 is 2.53 bits per heavy atom. The second-order valence-corrected chi connectivity index (χ2v) is 4.44. The van der Waals surface area contributed by atoms with Crippen molar-refractivity contribution in [3.05, 3.63) is 48.7 Å². The third-order valence-corrected chi connectivity index (χ3v) is 3.00. The fraction of sp³-hybridized carbons (Fsp3) is 0. The van der Waals surface area contributed by atoms with Crippen LogP contribution in [0.3, 0.4) is 0 Å². The predicted octanol–water partition coefficient (Wildman–Crippen LogP) is 1.88. The van der Waals surface area contributed by atoms with Crippen LogP contribution in [0.25, 0.3) is 0 Å². The maximum Gasteiger partial charge on any atom is 0.295 e. The molecule has 0 bridgehead atoms. The van der Waals surface area contributed by atoms with Gasteiger partial charge in [-0.15, -0.1) is 0 Å². The van der Waals surface area contributed by atoms with E-state index in [9.17, 15) is 8.42 Å². The van der Waals surface area contributed by atoms with Gasteiger partial charge in [-0.1, -0.05) is 12.1 Å². The van der Waals surface area contributed by atoms with Crippen molar-refractivity contribution in [3.63, 3.8) is 0 Å². The molecule has 0 atom stereocenters. The maximum atomic E-state index is 11.6. The lowest BCUT2D eigenvalue weighted by Crippen LogP contribution is -2.11. The SMILES string of the molecule is O=S(=O)(Nc1cc[c]cc1)c1ccco1. The van der Waals surface area contributed by atoms with E-state index in [1.165, 1.54) is 18.4 Å². The lowest BCUT2D eigenvalue weighted by atomic mass is 10.3. The molecule has 0 unspecified atom stereocenters. The molecule has 0 fully saturated rings. The van der Waals surface area contributed by atoms with Gasteiger partial charge in [0.2, 0.25) is 5.09 Å². The monoisotopic (exact) mass is 222 g/mol. The summed E-state index contributed by atoms with van der Waals surface area (Å²) in [5, 5.41) is -0.102. The molecule has 15 heavy (non-hydrogen) atoms. The fourth-order valence-electron chi connectivity index (χ4n) is 1.08. The zero-order chi connectivity index (χ0) is 10.7. The van der Waals surface area contributed by atoms with Crippen LogP contribution in [0.4, 0.5) is 5.69 Å². The van der Waals surface area contributed by atoms with Crippen molar-refractivity contribution in [2.45, 2.75) is 5.09 Å². The summed E-state index contributed by atoms with van der Waals surface area (Å²) in [6.07, 6.45) is 1.31. The summed E-state index contributed by atoms with van der Waals surface area (Å²) in [5.74, 6) is 0. The van der Waals surface area contributed by atoms with Crippen LogP contribution in [-0.4, -0.2) is 8.42 Å². The fourth-order valence-corrected chi connectivity index (χ4v) is 2.06. The van der Waals surface area contributed by atoms with Gasteiger partial charge >= 0.3 is 0 Å². The van der Waals surface area contributed by atoms with E-state index in [4.69, 9.17) is 4.42 Å². The molecule has 0 aliphatic carbocycles. The first-order chi connectivity index (χ1) is 7.18. The molecule has 77 valence electrons. The zero-order valence-electron chi connectivity index (χ0n) is 7.67. The second-order valence-electron chi connectivity index (χ2n) is 2.83. The van der Waals surface area contributed by atoms with Crippen molar-refractivity contribution < 1.29 is 12.8 Å². The molecule has 1 radical (unpaired) electrons. The number of furan rings is 1. The molecule has 2 rings (SSSR count). The minimum absolute atomic E-state index is 0.102. The molecule has 1 heterocycles. The molecule has 1 N–H and O–H groups in total. The second kappa shape index (κ2) is 3.78. The van der Waals surface area contributed by atoms with Crippen LogP contribution in [0.5, 0.6) is 0 Å². The molecule has 0 spiro atoms. The van der Waals surface area contributed by atoms with Gasteiger partial charge in [0.15, 0.2) is 0 Å². The first kappa shape index (κ1) is 9.79. The third kappa shape index (κ3) is 2.19. The molecule has 0 aliphatic rings. The summed E-state index contributed by atoms with van der Waals surface area (Å²) in [6, 6.07) is 12.2. The van der Waals surface area contributed by atoms with Gasteiger partial charge in [-0.05, 0) is 30.3 Å². The highest BCUT2D eigenvalue weighted by atomic mass is 32.2. The van der Waals surface area contributed by atoms with Crippen molar-refractivity contribution in [1.82, 2.24) is 0 Å². The Morgan fingerprint density at radius 1 is 1.20 bits per heavy atom. The van der Waals surface area contributed by atoms with Gasteiger partial charge in [0.25, 0.3) is 10.0 Å². The van der Waals surface area contributed by atoms with Crippen LogP contribution in [0.2, 0.25) is 0 Å². The smallest absolute Gasteiger partial charge is 0.295 e. The molecule has 0 aliphatic heterocycles. The summed E-state index contributed by atoms with van der Waals surface area (Å²) in [6.45, 7) is 0. The number of sulfonamides is 1. The van der Waals surface area contributed by atoms with Gasteiger partial charge in [0, 0.05) is 5.69 Å². The van der Waals surface area contributed by atoms with Gasteiger partial charge in [-0.2, -0.15) is 8.42 Å². The van der Waals surface area contributed by atoms with Gasteiger partial charge < -0.3 is 4.42 Å². The minimum Gasteiger partial charge on any atom is -0.451 e. The Labute approximate surface area is 87.6 Å². The number of hydrogen-bond donors (Lipinski definition) is 1. The molecule has 0 saturated carbocycles. The van der Waals surface area contributed by atoms with Crippen LogP contribution in [0.1, 0.15) is 0 Å². The lowest BCUT2D eigenvalue weighted by Gasteiger charge is -2.04. The minimum atomic E-state index is -3.60. The summed E-state index contributed by atoms with van der Waals surface area (Å²) in [5.41, 5.74) is 0.477. The van der Waals surface area contributed by atoms with Crippen LogP contribution >= 0.6 is 0 Å². The number of rotatable bonds is 3. The summed E-state index contributed by atoms with van der Waals surface area (Å²) in [7, 11) is -3.60. The Hall–Kier alpha value is -1.75. The van der Waals surface area contributed by atoms with Gasteiger partial charge in [0.1, 0.15) is 0 Å². The molecular formula is C10H8NO3S. The van der Waals surface area contributed by atoms with E-state index in [-0.39, 0.29) is 5.09 Å². The summed E-state index contributed by atoms with van der Waals surface area (Å²) < 4.78 is 30.5. The quantitative estimate of drug-likeness (QED) is 0.862. The molecule has 4 nitrogen and oxygen atoms in total. The Balaban J connectivity index is 2.27. The molecule has 1 aromatic heterocycles. The molecule has 2 aromatic rings. The topological polar surface area (TPSA) is 59.3 Å². The van der Waals surface area contributed by atoms with Crippen molar-refractivity contribution in [1.29, 1.82) is 0 Å². The number of nitrogens with one attached hydrogen (secondary N) is 1. The Kier molecular flexibility index (Phi) is 2.47. The van der Waals surface area contributed by atoms with Gasteiger partial charge in [0.05, 0.1) is 6.26 Å². The molecular weight excluding hydrogens is 214 g/mol. The largest absolute Gasteiger partial charge is 0.451 e. The number of benzene rings is 1. The highest BCUT2D eigenvalue weighted by Gasteiger charge is 2.16. The van der Waals surface area contributed by atoms with E-state index < -0.39 is 10.0 Å². The number of hydrogen-bond acceptors (Lipinski definition) is 3. The standard InChI is InChI=1S/C10H8NO3S/c12-15(13,10-7-4-8-14-10)11-9-5-2-1-3-6-9/h2-8,11H. The highest BCUT2D eigenvalue weighted by Crippen LogP contribution is 2.15. The van der Waals surface area contributed by atoms with Crippen LogP contribution in [-0.2, 0) is 10.0 Å². The Morgan fingerprint density at radius 2 is 1.93 bits per heavy atom. The lowest BCUT2D eigenvalue weighted by molar-refractivity contribution is 0.452. The van der Waals surface area contributed by atoms with Crippen molar-refractivity contribution in [3.8, 4) is 0 Å². The summed E-state index contributed by atoms with van der Waals surface area (Å²) >= 11 is 0. The molecule has 5 heteroatoms. The van der Waals surface area contributed by atoms with Crippen molar-refractivity contribution in [2.75, 3.05) is 4.72 Å². The first-order valence-corrected chi connectivity index (χ1v) is 5.69. The maximum absolute atomic E-state index is 11.6. The van der Waals surface area contributed by atoms with Gasteiger partial charge in [-0.3, -0.25) is 4.72 Å². The molecule has 0 amide bonds.